The highest BCUT2D eigenvalue weighted by Gasteiger charge is 1.86. The van der Waals surface area contributed by atoms with Gasteiger partial charge in [0.15, 0.2) is 0 Å². The zero-order chi connectivity index (χ0) is 5.70. The van der Waals surface area contributed by atoms with Gasteiger partial charge >= 0.3 is 5.97 Å². The molecule has 0 fully saturated rings. The molecule has 4 heteroatoms. The van der Waals surface area contributed by atoms with Gasteiger partial charge in [0.1, 0.15) is 0 Å². The second kappa shape index (κ2) is 10.7. The van der Waals surface area contributed by atoms with Crippen LogP contribution in [-0.2, 0) is 9.53 Å². The molecule has 0 unspecified atom stereocenters. The van der Waals surface area contributed by atoms with E-state index in [-0.39, 0.29) is 30.8 Å². The average Bonchev–Trinajstić information content (AvgIpc) is 1.68. The smallest absolute Gasteiger partial charge is 0.330 e. The summed E-state index contributed by atoms with van der Waals surface area (Å²) in [6.45, 7) is 5.38. The van der Waals surface area contributed by atoms with Crippen LogP contribution in [-0.4, -0.2) is 12.6 Å². The Morgan fingerprint density at radius 3 is 2.22 bits per heavy atom. The second-order valence-corrected chi connectivity index (χ2v) is 0.956. The van der Waals surface area contributed by atoms with E-state index in [0.717, 1.165) is 6.08 Å². The van der Waals surface area contributed by atoms with Crippen LogP contribution in [0.4, 0.5) is 0 Å². The van der Waals surface area contributed by atoms with Gasteiger partial charge in [-0.15, -0.1) is 24.8 Å². The average molecular weight is 173 g/mol. The van der Waals surface area contributed by atoms with Crippen LogP contribution in [0, 0.1) is 0 Å². The standard InChI is InChI=1S/C5H8O2.2ClH/c1-3-5(6)7-4-2;;/h3H,1,4H2,2H3;2*1H. The Balaban J connectivity index is -0.000000180. The number of hydrogen-bond donors (Lipinski definition) is 0. The van der Waals surface area contributed by atoms with Crippen molar-refractivity contribution in [3.8, 4) is 0 Å². The fraction of sp³-hybridized carbons (Fsp3) is 0.400. The van der Waals surface area contributed by atoms with E-state index in [9.17, 15) is 4.79 Å². The Morgan fingerprint density at radius 2 is 2.11 bits per heavy atom. The van der Waals surface area contributed by atoms with Crippen LogP contribution < -0.4 is 0 Å². The van der Waals surface area contributed by atoms with Gasteiger partial charge in [-0.25, -0.2) is 4.79 Å². The molecule has 0 spiro atoms. The van der Waals surface area contributed by atoms with E-state index in [2.05, 4.69) is 11.3 Å². The molecule has 0 N–H and O–H groups in total. The summed E-state index contributed by atoms with van der Waals surface area (Å²) in [4.78, 5) is 10.1. The van der Waals surface area contributed by atoms with Crippen LogP contribution in [0.1, 0.15) is 6.92 Å². The van der Waals surface area contributed by atoms with Gasteiger partial charge in [-0.1, -0.05) is 6.58 Å². The minimum absolute atomic E-state index is 0. The van der Waals surface area contributed by atoms with Crippen LogP contribution in [0.3, 0.4) is 0 Å². The lowest BCUT2D eigenvalue weighted by Crippen LogP contribution is -1.97. The fourth-order valence-corrected chi connectivity index (χ4v) is 0.201. The summed E-state index contributed by atoms with van der Waals surface area (Å²) in [6.07, 6.45) is 1.14. The summed E-state index contributed by atoms with van der Waals surface area (Å²) in [5.41, 5.74) is 0. The van der Waals surface area contributed by atoms with E-state index in [1.807, 2.05) is 0 Å². The van der Waals surface area contributed by atoms with Crippen LogP contribution in [0.15, 0.2) is 12.7 Å². The van der Waals surface area contributed by atoms with Crippen molar-refractivity contribution in [1.82, 2.24) is 0 Å². The summed E-state index contributed by atoms with van der Waals surface area (Å²) >= 11 is 0. The van der Waals surface area contributed by atoms with Crippen molar-refractivity contribution >= 4 is 30.8 Å². The zero-order valence-electron chi connectivity index (χ0n) is 5.12. The van der Waals surface area contributed by atoms with E-state index in [1.54, 1.807) is 6.92 Å². The van der Waals surface area contributed by atoms with Crippen LogP contribution >= 0.6 is 24.8 Å². The third kappa shape index (κ3) is 11.4. The van der Waals surface area contributed by atoms with Gasteiger partial charge < -0.3 is 4.74 Å². The zero-order valence-corrected chi connectivity index (χ0v) is 6.76. The predicted octanol–water partition coefficient (Wildman–Crippen LogP) is 1.58. The number of halogens is 2. The SMILES string of the molecule is C=CC(=O)OCC.Cl.Cl. The molecule has 0 aliphatic heterocycles. The van der Waals surface area contributed by atoms with E-state index < -0.39 is 0 Å². The minimum Gasteiger partial charge on any atom is -0.463 e. The predicted molar refractivity (Wildman–Crippen MR) is 41.3 cm³/mol. The molecule has 0 saturated carbocycles. The quantitative estimate of drug-likeness (QED) is 0.468. The van der Waals surface area contributed by atoms with Gasteiger partial charge in [-0.05, 0) is 6.92 Å². The molecule has 0 aliphatic carbocycles. The second-order valence-electron chi connectivity index (χ2n) is 0.956. The van der Waals surface area contributed by atoms with E-state index in [4.69, 9.17) is 0 Å². The molecular weight excluding hydrogens is 163 g/mol. The highest BCUT2D eigenvalue weighted by atomic mass is 35.5. The van der Waals surface area contributed by atoms with E-state index in [0.29, 0.717) is 6.61 Å². The number of ether oxygens (including phenoxy) is 1. The van der Waals surface area contributed by atoms with Gasteiger partial charge in [-0.2, -0.15) is 0 Å². The summed E-state index contributed by atoms with van der Waals surface area (Å²) in [5.74, 6) is -0.359. The maximum atomic E-state index is 10.1. The molecular formula is C5H10Cl2O2. The minimum atomic E-state index is -0.359. The first-order valence-corrected chi connectivity index (χ1v) is 2.10. The summed E-state index contributed by atoms with van der Waals surface area (Å²) in [6, 6.07) is 0. The number of esters is 1. The number of carbonyl (C=O) groups excluding carboxylic acids is 1. The highest BCUT2D eigenvalue weighted by molar-refractivity contribution is 5.85. The number of rotatable bonds is 2. The van der Waals surface area contributed by atoms with E-state index in [1.165, 1.54) is 0 Å². The molecule has 2 nitrogen and oxygen atoms in total. The molecule has 0 aliphatic rings. The molecule has 0 bridgehead atoms. The third-order valence-corrected chi connectivity index (χ3v) is 0.453. The Hall–Kier alpha value is -0.210. The molecule has 0 atom stereocenters. The van der Waals surface area contributed by atoms with Gasteiger partial charge in [0.2, 0.25) is 0 Å². The van der Waals surface area contributed by atoms with Crippen molar-refractivity contribution in [2.24, 2.45) is 0 Å². The molecule has 0 amide bonds. The first kappa shape index (κ1) is 15.9. The molecule has 0 aromatic heterocycles. The van der Waals surface area contributed by atoms with Gasteiger partial charge in [0, 0.05) is 6.08 Å². The number of hydrogen-bond acceptors (Lipinski definition) is 2. The molecule has 9 heavy (non-hydrogen) atoms. The van der Waals surface area contributed by atoms with Crippen molar-refractivity contribution < 1.29 is 9.53 Å². The van der Waals surface area contributed by atoms with Crippen molar-refractivity contribution in [1.29, 1.82) is 0 Å². The van der Waals surface area contributed by atoms with Crippen molar-refractivity contribution in [2.75, 3.05) is 6.61 Å². The Labute approximate surface area is 67.1 Å². The van der Waals surface area contributed by atoms with Crippen LogP contribution in [0.2, 0.25) is 0 Å². The fourth-order valence-electron chi connectivity index (χ4n) is 0.201. The summed E-state index contributed by atoms with van der Waals surface area (Å²) in [5, 5.41) is 0. The molecule has 0 aromatic rings. The monoisotopic (exact) mass is 172 g/mol. The Bertz CT molecular complexity index is 83.0. The van der Waals surface area contributed by atoms with Gasteiger partial charge in [-0.3, -0.25) is 0 Å². The van der Waals surface area contributed by atoms with Crippen LogP contribution in [0.5, 0.6) is 0 Å². The number of carbonyl (C=O) groups is 1. The van der Waals surface area contributed by atoms with Crippen molar-refractivity contribution in [3.63, 3.8) is 0 Å². The maximum Gasteiger partial charge on any atom is 0.330 e. The van der Waals surface area contributed by atoms with Gasteiger partial charge in [0.05, 0.1) is 6.61 Å². The maximum absolute atomic E-state index is 10.1. The Morgan fingerprint density at radius 1 is 1.67 bits per heavy atom. The molecule has 0 radical (unpaired) electrons. The largest absolute Gasteiger partial charge is 0.463 e. The van der Waals surface area contributed by atoms with Crippen molar-refractivity contribution in [3.05, 3.63) is 12.7 Å². The summed E-state index contributed by atoms with van der Waals surface area (Å²) in [7, 11) is 0. The summed E-state index contributed by atoms with van der Waals surface area (Å²) < 4.78 is 4.43. The lowest BCUT2D eigenvalue weighted by molar-refractivity contribution is -0.137. The molecule has 0 saturated heterocycles. The third-order valence-electron chi connectivity index (χ3n) is 0.453. The topological polar surface area (TPSA) is 26.3 Å². The lowest BCUT2D eigenvalue weighted by atomic mass is 10.6. The highest BCUT2D eigenvalue weighted by Crippen LogP contribution is 1.74. The van der Waals surface area contributed by atoms with Crippen molar-refractivity contribution in [2.45, 2.75) is 6.92 Å². The Kier molecular flexibility index (Phi) is 18.9. The molecule has 0 heterocycles. The van der Waals surface area contributed by atoms with Gasteiger partial charge in [0.25, 0.3) is 0 Å². The first-order chi connectivity index (χ1) is 3.31. The lowest BCUT2D eigenvalue weighted by Gasteiger charge is -1.90. The van der Waals surface area contributed by atoms with E-state index >= 15 is 0 Å². The normalized spacial score (nSPS) is 5.89. The molecule has 0 rings (SSSR count). The van der Waals surface area contributed by atoms with Crippen LogP contribution in [0.25, 0.3) is 0 Å². The molecule has 0 aromatic carbocycles. The first-order valence-electron chi connectivity index (χ1n) is 2.10. The molecule has 56 valence electrons.